The molecule has 0 unspecified atom stereocenters. The quantitative estimate of drug-likeness (QED) is 0.747. The maximum absolute atomic E-state index is 11.9. The second-order valence-electron chi connectivity index (χ2n) is 6.62. The Labute approximate surface area is 128 Å². The zero-order chi connectivity index (χ0) is 16.0. The topological polar surface area (TPSA) is 55.8 Å². The van der Waals surface area contributed by atoms with Crippen LogP contribution in [0.3, 0.4) is 0 Å². The third-order valence-corrected chi connectivity index (χ3v) is 3.70. The number of nitrogens with zero attached hydrogens (tertiary/aromatic N) is 1. The molecule has 0 aliphatic carbocycles. The van der Waals surface area contributed by atoms with E-state index in [0.29, 0.717) is 25.9 Å². The molecule has 5 heteroatoms. The van der Waals surface area contributed by atoms with Gasteiger partial charge in [0.25, 0.3) is 0 Å². The molecule has 1 amide bonds. The zero-order valence-corrected chi connectivity index (χ0v) is 14.0. The van der Waals surface area contributed by atoms with Crippen molar-refractivity contribution in [3.8, 4) is 0 Å². The highest BCUT2D eigenvalue weighted by molar-refractivity contribution is 5.72. The first-order chi connectivity index (χ1) is 9.76. The molecule has 122 valence electrons. The SMILES string of the molecule is CCC(CC)C(=O)OC1CCN(C(=O)OC(C)(C)C)CC1. The minimum Gasteiger partial charge on any atom is -0.462 e. The van der Waals surface area contributed by atoms with Crippen LogP contribution in [0.4, 0.5) is 4.79 Å². The van der Waals surface area contributed by atoms with Gasteiger partial charge in [0.1, 0.15) is 11.7 Å². The second-order valence-corrected chi connectivity index (χ2v) is 6.62. The van der Waals surface area contributed by atoms with Gasteiger partial charge < -0.3 is 14.4 Å². The lowest BCUT2D eigenvalue weighted by Crippen LogP contribution is -2.44. The van der Waals surface area contributed by atoms with Crippen LogP contribution >= 0.6 is 0 Å². The van der Waals surface area contributed by atoms with Gasteiger partial charge in [-0.3, -0.25) is 4.79 Å². The molecule has 1 rings (SSSR count). The summed E-state index contributed by atoms with van der Waals surface area (Å²) in [6.07, 6.45) is 2.64. The first kappa shape index (κ1) is 17.8. The maximum atomic E-state index is 11.9. The van der Waals surface area contributed by atoms with E-state index in [9.17, 15) is 9.59 Å². The van der Waals surface area contributed by atoms with Crippen LogP contribution in [-0.2, 0) is 14.3 Å². The van der Waals surface area contributed by atoms with E-state index >= 15 is 0 Å². The van der Waals surface area contributed by atoms with Crippen molar-refractivity contribution in [3.63, 3.8) is 0 Å². The maximum Gasteiger partial charge on any atom is 0.410 e. The number of rotatable bonds is 4. The number of carbonyl (C=O) groups excluding carboxylic acids is 2. The van der Waals surface area contributed by atoms with Gasteiger partial charge in [-0.25, -0.2) is 4.79 Å². The van der Waals surface area contributed by atoms with E-state index in [1.165, 1.54) is 0 Å². The Bertz CT molecular complexity index is 350. The molecule has 1 fully saturated rings. The molecule has 21 heavy (non-hydrogen) atoms. The van der Waals surface area contributed by atoms with Gasteiger partial charge in [-0.05, 0) is 33.6 Å². The van der Waals surface area contributed by atoms with Crippen LogP contribution in [-0.4, -0.2) is 41.8 Å². The number of esters is 1. The summed E-state index contributed by atoms with van der Waals surface area (Å²) < 4.78 is 10.9. The summed E-state index contributed by atoms with van der Waals surface area (Å²) in [5.74, 6) is -0.107. The minimum atomic E-state index is -0.476. The molecule has 1 aliphatic rings. The number of likely N-dealkylation sites (tertiary alicyclic amines) is 1. The van der Waals surface area contributed by atoms with Crippen LogP contribution in [0.1, 0.15) is 60.3 Å². The van der Waals surface area contributed by atoms with Crippen molar-refractivity contribution in [1.29, 1.82) is 0 Å². The summed E-state index contributed by atoms with van der Waals surface area (Å²) in [5, 5.41) is 0. The van der Waals surface area contributed by atoms with Crippen LogP contribution in [0, 0.1) is 5.92 Å². The Hall–Kier alpha value is -1.26. The fraction of sp³-hybridized carbons (Fsp3) is 0.875. The largest absolute Gasteiger partial charge is 0.462 e. The molecule has 0 radical (unpaired) electrons. The normalized spacial score (nSPS) is 17.0. The smallest absolute Gasteiger partial charge is 0.410 e. The number of piperidine rings is 1. The Morgan fingerprint density at radius 2 is 1.67 bits per heavy atom. The van der Waals surface area contributed by atoms with Gasteiger partial charge in [0.05, 0.1) is 5.92 Å². The Morgan fingerprint density at radius 1 is 1.14 bits per heavy atom. The van der Waals surface area contributed by atoms with E-state index in [-0.39, 0.29) is 24.1 Å². The van der Waals surface area contributed by atoms with Crippen molar-refractivity contribution >= 4 is 12.1 Å². The van der Waals surface area contributed by atoms with Gasteiger partial charge in [-0.2, -0.15) is 0 Å². The molecule has 1 aliphatic heterocycles. The lowest BCUT2D eigenvalue weighted by Gasteiger charge is -2.33. The van der Waals surface area contributed by atoms with E-state index in [2.05, 4.69) is 0 Å². The van der Waals surface area contributed by atoms with Crippen LogP contribution in [0.5, 0.6) is 0 Å². The Morgan fingerprint density at radius 3 is 2.10 bits per heavy atom. The summed E-state index contributed by atoms with van der Waals surface area (Å²) in [5.41, 5.74) is -0.476. The van der Waals surface area contributed by atoms with E-state index < -0.39 is 5.60 Å². The van der Waals surface area contributed by atoms with Gasteiger partial charge in [-0.1, -0.05) is 13.8 Å². The highest BCUT2D eigenvalue weighted by Crippen LogP contribution is 2.19. The van der Waals surface area contributed by atoms with Crippen LogP contribution in [0.25, 0.3) is 0 Å². The van der Waals surface area contributed by atoms with Crippen molar-refractivity contribution in [2.75, 3.05) is 13.1 Å². The summed E-state index contributed by atoms with van der Waals surface area (Å²) in [7, 11) is 0. The van der Waals surface area contributed by atoms with Crippen molar-refractivity contribution in [2.24, 2.45) is 5.92 Å². The molecule has 0 N–H and O–H groups in total. The molecular weight excluding hydrogens is 270 g/mol. The second kappa shape index (κ2) is 7.66. The summed E-state index contributed by atoms with van der Waals surface area (Å²) >= 11 is 0. The Kier molecular flexibility index (Phi) is 6.49. The average molecular weight is 299 g/mol. The van der Waals surface area contributed by atoms with E-state index in [1.54, 1.807) is 4.90 Å². The predicted octanol–water partition coefficient (Wildman–Crippen LogP) is 3.37. The molecule has 1 heterocycles. The van der Waals surface area contributed by atoms with Gasteiger partial charge in [-0.15, -0.1) is 0 Å². The molecule has 0 aromatic rings. The van der Waals surface area contributed by atoms with Crippen molar-refractivity contribution in [1.82, 2.24) is 4.90 Å². The van der Waals surface area contributed by atoms with Crippen LogP contribution < -0.4 is 0 Å². The standard InChI is InChI=1S/C16H29NO4/c1-6-12(7-2)14(18)20-13-8-10-17(11-9-13)15(19)21-16(3,4)5/h12-13H,6-11H2,1-5H3. The monoisotopic (exact) mass is 299 g/mol. The third-order valence-electron chi connectivity index (χ3n) is 3.70. The molecule has 0 aromatic heterocycles. The van der Waals surface area contributed by atoms with Crippen molar-refractivity contribution < 1.29 is 19.1 Å². The predicted molar refractivity (Wildman–Crippen MR) is 81.0 cm³/mol. The van der Waals surface area contributed by atoms with Gasteiger partial charge in [0.15, 0.2) is 0 Å². The van der Waals surface area contributed by atoms with Gasteiger partial charge in [0.2, 0.25) is 0 Å². The Balaban J connectivity index is 2.39. The fourth-order valence-electron chi connectivity index (χ4n) is 2.37. The number of hydrogen-bond donors (Lipinski definition) is 0. The number of ether oxygens (including phenoxy) is 2. The molecular formula is C16H29NO4. The molecule has 1 saturated heterocycles. The average Bonchev–Trinajstić information content (AvgIpc) is 2.39. The fourth-order valence-corrected chi connectivity index (χ4v) is 2.37. The molecule has 5 nitrogen and oxygen atoms in total. The highest BCUT2D eigenvalue weighted by atomic mass is 16.6. The number of carbonyl (C=O) groups is 2. The molecule has 0 bridgehead atoms. The van der Waals surface area contributed by atoms with Crippen LogP contribution in [0.2, 0.25) is 0 Å². The van der Waals surface area contributed by atoms with Gasteiger partial charge >= 0.3 is 12.1 Å². The lowest BCUT2D eigenvalue weighted by molar-refractivity contribution is -0.156. The first-order valence-corrected chi connectivity index (χ1v) is 7.95. The summed E-state index contributed by atoms with van der Waals surface area (Å²) in [4.78, 5) is 25.6. The summed E-state index contributed by atoms with van der Waals surface area (Å²) in [6, 6.07) is 0. The first-order valence-electron chi connectivity index (χ1n) is 7.95. The summed E-state index contributed by atoms with van der Waals surface area (Å²) in [6.45, 7) is 10.7. The number of hydrogen-bond acceptors (Lipinski definition) is 4. The van der Waals surface area contributed by atoms with Gasteiger partial charge in [0, 0.05) is 25.9 Å². The van der Waals surface area contributed by atoms with E-state index in [0.717, 1.165) is 12.8 Å². The zero-order valence-electron chi connectivity index (χ0n) is 14.0. The van der Waals surface area contributed by atoms with E-state index in [1.807, 2.05) is 34.6 Å². The number of amides is 1. The van der Waals surface area contributed by atoms with Crippen molar-refractivity contribution in [3.05, 3.63) is 0 Å². The highest BCUT2D eigenvalue weighted by Gasteiger charge is 2.29. The molecule has 0 atom stereocenters. The molecule has 0 saturated carbocycles. The third kappa shape index (κ3) is 5.94. The van der Waals surface area contributed by atoms with E-state index in [4.69, 9.17) is 9.47 Å². The van der Waals surface area contributed by atoms with Crippen LogP contribution in [0.15, 0.2) is 0 Å². The minimum absolute atomic E-state index is 0.00566. The molecule has 0 aromatic carbocycles. The van der Waals surface area contributed by atoms with Crippen molar-refractivity contribution in [2.45, 2.75) is 72.0 Å². The lowest BCUT2D eigenvalue weighted by atomic mass is 10.0. The molecule has 0 spiro atoms.